The van der Waals surface area contributed by atoms with E-state index < -0.39 is 0 Å². The van der Waals surface area contributed by atoms with Crippen molar-refractivity contribution in [3.63, 3.8) is 0 Å². The van der Waals surface area contributed by atoms with Gasteiger partial charge in [-0.2, -0.15) is 0 Å². The summed E-state index contributed by atoms with van der Waals surface area (Å²) in [6.45, 7) is 17.3. The molecule has 2 aliphatic rings. The Bertz CT molecular complexity index is 355. The molecule has 0 aliphatic carbocycles. The molecule has 5 nitrogen and oxygen atoms in total. The molecule has 0 saturated carbocycles. The number of hydrogen-bond donors (Lipinski definition) is 0. The zero-order valence-corrected chi connectivity index (χ0v) is 13.9. The van der Waals surface area contributed by atoms with E-state index in [1.165, 1.54) is 0 Å². The van der Waals surface area contributed by atoms with E-state index in [2.05, 4.69) is 61.2 Å². The van der Waals surface area contributed by atoms with Crippen LogP contribution in [-0.4, -0.2) is 70.3 Å². The van der Waals surface area contributed by atoms with Crippen LogP contribution in [0.4, 0.5) is 0 Å². The molecular weight excluding hydrogens is 262 g/mol. The SMILES string of the molecule is CN1[C]N(CCN(CCN2[C]N(C)C=C2)C(C)(C)C)C=C1. The van der Waals surface area contributed by atoms with Crippen molar-refractivity contribution in [1.29, 1.82) is 0 Å². The highest BCUT2D eigenvalue weighted by atomic mass is 15.4. The molecule has 116 valence electrons. The maximum Gasteiger partial charge on any atom is 0.207 e. The maximum absolute atomic E-state index is 3.25. The molecule has 0 bridgehead atoms. The summed E-state index contributed by atoms with van der Waals surface area (Å²) in [6.07, 6.45) is 8.19. The molecule has 4 radical (unpaired) electrons. The van der Waals surface area contributed by atoms with Gasteiger partial charge in [0.05, 0.1) is 0 Å². The van der Waals surface area contributed by atoms with Gasteiger partial charge in [-0.15, -0.1) is 0 Å². The van der Waals surface area contributed by atoms with Gasteiger partial charge < -0.3 is 19.6 Å². The lowest BCUT2D eigenvalue weighted by Crippen LogP contribution is -2.47. The summed E-state index contributed by atoms with van der Waals surface area (Å²) in [4.78, 5) is 10.6. The minimum absolute atomic E-state index is 0.157. The predicted octanol–water partition coefficient (Wildman–Crippen LogP) is 1.52. The van der Waals surface area contributed by atoms with E-state index in [4.69, 9.17) is 0 Å². The topological polar surface area (TPSA) is 16.2 Å². The smallest absolute Gasteiger partial charge is 0.207 e. The van der Waals surface area contributed by atoms with Crippen molar-refractivity contribution in [1.82, 2.24) is 24.5 Å². The lowest BCUT2D eigenvalue weighted by molar-refractivity contribution is 0.117. The molecule has 0 N–H and O–H groups in total. The van der Waals surface area contributed by atoms with E-state index in [1.54, 1.807) is 0 Å². The third-order valence-corrected chi connectivity index (χ3v) is 3.68. The van der Waals surface area contributed by atoms with Gasteiger partial charge in [0.15, 0.2) is 0 Å². The van der Waals surface area contributed by atoms with Crippen LogP contribution in [0.15, 0.2) is 24.8 Å². The summed E-state index contributed by atoms with van der Waals surface area (Å²) < 4.78 is 0. The average molecular weight is 289 g/mol. The van der Waals surface area contributed by atoms with Crippen LogP contribution >= 0.6 is 0 Å². The molecule has 21 heavy (non-hydrogen) atoms. The summed E-state index contributed by atoms with van der Waals surface area (Å²) in [7, 11) is 4.00. The van der Waals surface area contributed by atoms with Gasteiger partial charge in [-0.1, -0.05) is 0 Å². The van der Waals surface area contributed by atoms with Gasteiger partial charge in [-0.3, -0.25) is 4.90 Å². The van der Waals surface area contributed by atoms with Gasteiger partial charge in [0.2, 0.25) is 13.3 Å². The molecule has 0 aromatic carbocycles. The lowest BCUT2D eigenvalue weighted by Gasteiger charge is -2.37. The van der Waals surface area contributed by atoms with Gasteiger partial charge in [0.25, 0.3) is 0 Å². The molecule has 2 aliphatic heterocycles. The molecular formula is C16H27N5. The minimum atomic E-state index is 0.157. The van der Waals surface area contributed by atoms with E-state index >= 15 is 0 Å². The quantitative estimate of drug-likeness (QED) is 0.735. The van der Waals surface area contributed by atoms with Crippen LogP contribution < -0.4 is 0 Å². The van der Waals surface area contributed by atoms with Crippen LogP contribution in [0.2, 0.25) is 0 Å². The Hall–Kier alpha value is -1.36. The van der Waals surface area contributed by atoms with E-state index in [-0.39, 0.29) is 5.54 Å². The van der Waals surface area contributed by atoms with Gasteiger partial charge in [0, 0.05) is 70.6 Å². The summed E-state index contributed by atoms with van der Waals surface area (Å²) in [6, 6.07) is 0. The lowest BCUT2D eigenvalue weighted by atomic mass is 10.1. The van der Waals surface area contributed by atoms with Gasteiger partial charge in [0.1, 0.15) is 0 Å². The molecule has 0 atom stereocenters. The van der Waals surface area contributed by atoms with Gasteiger partial charge in [-0.05, 0) is 20.8 Å². The fourth-order valence-corrected chi connectivity index (χ4v) is 2.39. The van der Waals surface area contributed by atoms with Crippen molar-refractivity contribution in [2.45, 2.75) is 26.3 Å². The molecule has 0 unspecified atom stereocenters. The second-order valence-corrected chi connectivity index (χ2v) is 6.56. The Balaban J connectivity index is 1.78. The van der Waals surface area contributed by atoms with E-state index in [9.17, 15) is 0 Å². The number of rotatable bonds is 6. The first-order valence-corrected chi connectivity index (χ1v) is 7.48. The van der Waals surface area contributed by atoms with Gasteiger partial charge >= 0.3 is 0 Å². The average Bonchev–Trinajstić information content (AvgIpc) is 2.97. The molecule has 2 heterocycles. The fraction of sp³-hybridized carbons (Fsp3) is 0.625. The number of nitrogens with zero attached hydrogens (tertiary/aromatic N) is 5. The Morgan fingerprint density at radius 3 is 1.52 bits per heavy atom. The van der Waals surface area contributed by atoms with Gasteiger partial charge in [-0.25, -0.2) is 0 Å². The molecule has 0 amide bonds. The Morgan fingerprint density at radius 1 is 0.810 bits per heavy atom. The molecule has 0 spiro atoms. The zero-order chi connectivity index (χ0) is 15.5. The normalized spacial score (nSPS) is 18.8. The number of hydrogen-bond acceptors (Lipinski definition) is 5. The summed E-state index contributed by atoms with van der Waals surface area (Å²) >= 11 is 0. The molecule has 0 saturated heterocycles. The van der Waals surface area contributed by atoms with E-state index in [0.29, 0.717) is 0 Å². The minimum Gasteiger partial charge on any atom is -0.349 e. The van der Waals surface area contributed by atoms with E-state index in [1.807, 2.05) is 36.3 Å². The highest BCUT2D eigenvalue weighted by molar-refractivity contribution is 4.97. The zero-order valence-electron chi connectivity index (χ0n) is 13.9. The van der Waals surface area contributed by atoms with Crippen LogP contribution in [0.1, 0.15) is 20.8 Å². The third-order valence-electron chi connectivity index (χ3n) is 3.68. The van der Waals surface area contributed by atoms with Crippen molar-refractivity contribution >= 4 is 0 Å². The summed E-state index contributed by atoms with van der Waals surface area (Å²) in [5.41, 5.74) is 0.157. The first-order valence-electron chi connectivity index (χ1n) is 7.48. The Labute approximate surface area is 130 Å². The van der Waals surface area contributed by atoms with Crippen LogP contribution in [0, 0.1) is 13.3 Å². The first kappa shape index (κ1) is 16.0. The van der Waals surface area contributed by atoms with Crippen LogP contribution in [-0.2, 0) is 0 Å². The largest absolute Gasteiger partial charge is 0.349 e. The van der Waals surface area contributed by atoms with Crippen LogP contribution in [0.25, 0.3) is 0 Å². The second kappa shape index (κ2) is 6.60. The highest BCUT2D eigenvalue weighted by Gasteiger charge is 2.23. The standard InChI is InChI=1S/C16H27N5/c1-16(2,3)21(12-10-19-8-6-17(4)14-19)13-11-20-9-7-18(5)15-20/h6-9H,10-13H2,1-5H3. The Morgan fingerprint density at radius 2 is 1.24 bits per heavy atom. The van der Waals surface area contributed by atoms with Crippen molar-refractivity contribution in [2.24, 2.45) is 0 Å². The highest BCUT2D eigenvalue weighted by Crippen LogP contribution is 2.16. The monoisotopic (exact) mass is 289 g/mol. The fourth-order valence-electron chi connectivity index (χ4n) is 2.39. The van der Waals surface area contributed by atoms with Crippen LogP contribution in [0.3, 0.4) is 0 Å². The van der Waals surface area contributed by atoms with Crippen molar-refractivity contribution < 1.29 is 0 Å². The second-order valence-electron chi connectivity index (χ2n) is 6.56. The third kappa shape index (κ3) is 4.84. The molecule has 0 aromatic heterocycles. The van der Waals surface area contributed by atoms with Crippen molar-refractivity contribution in [3.05, 3.63) is 38.1 Å². The van der Waals surface area contributed by atoms with Crippen molar-refractivity contribution in [3.8, 4) is 0 Å². The first-order chi connectivity index (χ1) is 9.84. The maximum atomic E-state index is 3.25. The van der Waals surface area contributed by atoms with E-state index in [0.717, 1.165) is 26.2 Å². The molecule has 0 fully saturated rings. The van der Waals surface area contributed by atoms with Crippen LogP contribution in [0.5, 0.6) is 0 Å². The molecule has 2 rings (SSSR count). The summed E-state index contributed by atoms with van der Waals surface area (Å²) in [5, 5.41) is 0. The molecule has 5 heteroatoms. The summed E-state index contributed by atoms with van der Waals surface area (Å²) in [5.74, 6) is 0. The predicted molar refractivity (Wildman–Crippen MR) is 85.0 cm³/mol. The van der Waals surface area contributed by atoms with Crippen molar-refractivity contribution in [2.75, 3.05) is 40.3 Å². The Kier molecular flexibility index (Phi) is 5.04. The molecule has 0 aromatic rings.